The molecule has 1 N–H and O–H groups in total. The molecule has 0 aliphatic carbocycles. The van der Waals surface area contributed by atoms with Crippen molar-refractivity contribution in [1.29, 1.82) is 0 Å². The Labute approximate surface area is 126 Å². The van der Waals surface area contributed by atoms with Gasteiger partial charge in [-0.25, -0.2) is 14.2 Å². The molecule has 2 aromatic rings. The summed E-state index contributed by atoms with van der Waals surface area (Å²) >= 11 is 5.80. The highest BCUT2D eigenvalue weighted by molar-refractivity contribution is 6.33. The van der Waals surface area contributed by atoms with Crippen molar-refractivity contribution >= 4 is 23.4 Å². The van der Waals surface area contributed by atoms with Crippen molar-refractivity contribution < 1.29 is 14.3 Å². The highest BCUT2D eigenvalue weighted by atomic mass is 35.5. The van der Waals surface area contributed by atoms with Gasteiger partial charge in [0.25, 0.3) is 0 Å². The lowest BCUT2D eigenvalue weighted by atomic mass is 10.1. The number of benzene rings is 1. The third kappa shape index (κ3) is 3.13. The van der Waals surface area contributed by atoms with Crippen molar-refractivity contribution in [3.05, 3.63) is 58.5 Å². The van der Waals surface area contributed by atoms with E-state index in [4.69, 9.17) is 16.7 Å². The average Bonchev–Trinajstić information content (AvgIpc) is 2.46. The van der Waals surface area contributed by atoms with Gasteiger partial charge in [-0.2, -0.15) is 0 Å². The maximum atomic E-state index is 13.8. The number of anilines is 1. The summed E-state index contributed by atoms with van der Waals surface area (Å²) in [6.07, 6.45) is 0. The largest absolute Gasteiger partial charge is 0.476 e. The number of halogens is 2. The molecule has 0 spiro atoms. The standard InChI is InChI=1S/C15H14ClFN2O2/c1-9(10-5-3-4-6-12(10)17)19(2)13-8-7-11(16)14(18-13)15(20)21/h3-9H,1-2H3,(H,20,21). The summed E-state index contributed by atoms with van der Waals surface area (Å²) in [5.41, 5.74) is 0.287. The molecule has 2 rings (SSSR count). The molecule has 0 saturated heterocycles. The number of aromatic carboxylic acids is 1. The van der Waals surface area contributed by atoms with Gasteiger partial charge in [0.05, 0.1) is 11.1 Å². The van der Waals surface area contributed by atoms with Crippen molar-refractivity contribution in [3.8, 4) is 0 Å². The molecule has 0 bridgehead atoms. The molecule has 1 aromatic carbocycles. The number of aromatic nitrogens is 1. The summed E-state index contributed by atoms with van der Waals surface area (Å²) in [5, 5.41) is 9.11. The van der Waals surface area contributed by atoms with Crippen molar-refractivity contribution in [2.45, 2.75) is 13.0 Å². The zero-order valence-corrected chi connectivity index (χ0v) is 12.3. The first-order chi connectivity index (χ1) is 9.91. The van der Waals surface area contributed by atoms with E-state index >= 15 is 0 Å². The lowest BCUT2D eigenvalue weighted by Crippen LogP contribution is -2.24. The number of hydrogen-bond acceptors (Lipinski definition) is 3. The summed E-state index contributed by atoms with van der Waals surface area (Å²) in [7, 11) is 1.72. The zero-order valence-electron chi connectivity index (χ0n) is 11.5. The first-order valence-electron chi connectivity index (χ1n) is 6.29. The molecule has 0 aliphatic heterocycles. The third-order valence-corrected chi connectivity index (χ3v) is 3.64. The van der Waals surface area contributed by atoms with E-state index in [1.807, 2.05) is 6.92 Å². The summed E-state index contributed by atoms with van der Waals surface area (Å²) in [6.45, 7) is 1.81. The maximum absolute atomic E-state index is 13.8. The van der Waals surface area contributed by atoms with E-state index in [1.165, 1.54) is 12.1 Å². The average molecular weight is 309 g/mol. The number of hydrogen-bond donors (Lipinski definition) is 1. The summed E-state index contributed by atoms with van der Waals surface area (Å²) in [5.74, 6) is -1.11. The van der Waals surface area contributed by atoms with E-state index in [2.05, 4.69) is 4.98 Å². The maximum Gasteiger partial charge on any atom is 0.356 e. The number of carboxylic acids is 1. The van der Waals surface area contributed by atoms with Crippen LogP contribution in [0.4, 0.5) is 10.2 Å². The summed E-state index contributed by atoms with van der Waals surface area (Å²) in [6, 6.07) is 9.21. The van der Waals surface area contributed by atoms with Gasteiger partial charge < -0.3 is 10.0 Å². The van der Waals surface area contributed by atoms with Crippen LogP contribution in [0.2, 0.25) is 5.02 Å². The Bertz CT molecular complexity index is 678. The molecule has 0 saturated carbocycles. The Morgan fingerprint density at radius 3 is 2.62 bits per heavy atom. The number of nitrogens with zero attached hydrogens (tertiary/aromatic N) is 2. The van der Waals surface area contributed by atoms with E-state index < -0.39 is 5.97 Å². The molecule has 1 heterocycles. The predicted octanol–water partition coefficient (Wildman–Crippen LogP) is 3.77. The fourth-order valence-corrected chi connectivity index (χ4v) is 2.19. The third-order valence-electron chi connectivity index (χ3n) is 3.33. The van der Waals surface area contributed by atoms with Gasteiger partial charge in [-0.1, -0.05) is 29.8 Å². The molecule has 1 atom stereocenters. The Morgan fingerprint density at radius 1 is 1.33 bits per heavy atom. The highest BCUT2D eigenvalue weighted by Gasteiger charge is 2.19. The fraction of sp³-hybridized carbons (Fsp3) is 0.200. The molecule has 0 aliphatic rings. The van der Waals surface area contributed by atoms with E-state index in [-0.39, 0.29) is 22.6 Å². The normalized spacial score (nSPS) is 12.0. The minimum Gasteiger partial charge on any atom is -0.476 e. The smallest absolute Gasteiger partial charge is 0.356 e. The molecule has 6 heteroatoms. The Kier molecular flexibility index (Phi) is 4.43. The lowest BCUT2D eigenvalue weighted by molar-refractivity contribution is 0.0691. The molecule has 21 heavy (non-hydrogen) atoms. The number of carbonyl (C=O) groups is 1. The van der Waals surface area contributed by atoms with Gasteiger partial charge in [0.2, 0.25) is 0 Å². The van der Waals surface area contributed by atoms with Crippen LogP contribution in [-0.2, 0) is 0 Å². The van der Waals surface area contributed by atoms with Crippen molar-refractivity contribution in [2.24, 2.45) is 0 Å². The quantitative estimate of drug-likeness (QED) is 0.934. The van der Waals surface area contributed by atoms with Crippen LogP contribution in [-0.4, -0.2) is 23.1 Å². The molecule has 1 aromatic heterocycles. The van der Waals surface area contributed by atoms with Crippen LogP contribution in [0.15, 0.2) is 36.4 Å². The van der Waals surface area contributed by atoms with E-state index in [0.717, 1.165) is 0 Å². The second-order valence-electron chi connectivity index (χ2n) is 4.61. The highest BCUT2D eigenvalue weighted by Crippen LogP contribution is 2.27. The van der Waals surface area contributed by atoms with Crippen LogP contribution < -0.4 is 4.90 Å². The van der Waals surface area contributed by atoms with Crippen molar-refractivity contribution in [3.63, 3.8) is 0 Å². The minimum absolute atomic E-state index is 0.0678. The second kappa shape index (κ2) is 6.10. The zero-order chi connectivity index (χ0) is 15.6. The van der Waals surface area contributed by atoms with Crippen molar-refractivity contribution in [2.75, 3.05) is 11.9 Å². The molecule has 0 fully saturated rings. The van der Waals surface area contributed by atoms with Crippen LogP contribution in [0, 0.1) is 5.82 Å². The van der Waals surface area contributed by atoms with E-state index in [1.54, 1.807) is 36.2 Å². The van der Waals surface area contributed by atoms with Gasteiger partial charge in [-0.15, -0.1) is 0 Å². The summed E-state index contributed by atoms with van der Waals surface area (Å²) in [4.78, 5) is 16.8. The predicted molar refractivity (Wildman–Crippen MR) is 79.4 cm³/mol. The van der Waals surface area contributed by atoms with Gasteiger partial charge in [-0.3, -0.25) is 0 Å². The number of rotatable bonds is 4. The Balaban J connectivity index is 2.36. The Hall–Kier alpha value is -2.14. The SMILES string of the molecule is CC(c1ccccc1F)N(C)c1ccc(Cl)c(C(=O)O)n1. The van der Waals surface area contributed by atoms with Crippen molar-refractivity contribution in [1.82, 2.24) is 4.98 Å². The first kappa shape index (κ1) is 15.3. The first-order valence-corrected chi connectivity index (χ1v) is 6.66. The van der Waals surface area contributed by atoms with Crippen LogP contribution >= 0.6 is 11.6 Å². The molecule has 1 unspecified atom stereocenters. The monoisotopic (exact) mass is 308 g/mol. The molecular weight excluding hydrogens is 295 g/mol. The van der Waals surface area contributed by atoms with E-state index in [0.29, 0.717) is 11.4 Å². The van der Waals surface area contributed by atoms with Gasteiger partial charge in [0.15, 0.2) is 5.69 Å². The summed E-state index contributed by atoms with van der Waals surface area (Å²) < 4.78 is 13.8. The van der Waals surface area contributed by atoms with E-state index in [9.17, 15) is 9.18 Å². The minimum atomic E-state index is -1.20. The lowest BCUT2D eigenvalue weighted by Gasteiger charge is -2.27. The Morgan fingerprint density at radius 2 is 2.00 bits per heavy atom. The molecule has 0 radical (unpaired) electrons. The van der Waals surface area contributed by atoms with Crippen LogP contribution in [0.1, 0.15) is 29.0 Å². The van der Waals surface area contributed by atoms with Gasteiger partial charge in [-0.05, 0) is 25.1 Å². The van der Waals surface area contributed by atoms with Crippen LogP contribution in [0.25, 0.3) is 0 Å². The second-order valence-corrected chi connectivity index (χ2v) is 5.02. The molecule has 4 nitrogen and oxygen atoms in total. The van der Waals surface area contributed by atoms with Crippen LogP contribution in [0.3, 0.4) is 0 Å². The number of carboxylic acid groups (broad SMARTS) is 1. The van der Waals surface area contributed by atoms with Gasteiger partial charge in [0.1, 0.15) is 11.6 Å². The molecule has 110 valence electrons. The van der Waals surface area contributed by atoms with Crippen LogP contribution in [0.5, 0.6) is 0 Å². The number of pyridine rings is 1. The topological polar surface area (TPSA) is 53.4 Å². The fourth-order valence-electron chi connectivity index (χ4n) is 2.00. The van der Waals surface area contributed by atoms with Gasteiger partial charge in [0, 0.05) is 12.6 Å². The van der Waals surface area contributed by atoms with Gasteiger partial charge >= 0.3 is 5.97 Å². The molecular formula is C15H14ClFN2O2. The molecule has 0 amide bonds.